The predicted octanol–water partition coefficient (Wildman–Crippen LogP) is 3.29. The number of halogens is 1. The summed E-state index contributed by atoms with van der Waals surface area (Å²) >= 11 is 3.53. The summed E-state index contributed by atoms with van der Waals surface area (Å²) in [5, 5.41) is 1.08. The topological polar surface area (TPSA) is 0 Å². The number of hydrogen-bond donors (Lipinski definition) is 0. The zero-order valence-electron chi connectivity index (χ0n) is 6.59. The van der Waals surface area contributed by atoms with Gasteiger partial charge in [0.15, 0.2) is 0 Å². The second kappa shape index (κ2) is 3.14. The van der Waals surface area contributed by atoms with Gasteiger partial charge in [-0.2, -0.15) is 0 Å². The van der Waals surface area contributed by atoms with Gasteiger partial charge in [-0.3, -0.25) is 0 Å². The monoisotopic (exact) mass is 212 g/mol. The second-order valence-corrected chi connectivity index (χ2v) is 4.15. The molecule has 2 atom stereocenters. The van der Waals surface area contributed by atoms with Crippen molar-refractivity contribution in [3.05, 3.63) is 23.8 Å². The Morgan fingerprint density at radius 1 is 1.55 bits per heavy atom. The molecule has 2 aliphatic carbocycles. The highest BCUT2D eigenvalue weighted by atomic mass is 79.9. The van der Waals surface area contributed by atoms with Crippen molar-refractivity contribution in [2.75, 3.05) is 5.33 Å². The third-order valence-corrected chi connectivity index (χ3v) is 3.35. The number of hydrogen-bond acceptors (Lipinski definition) is 0. The Morgan fingerprint density at radius 3 is 3.18 bits per heavy atom. The van der Waals surface area contributed by atoms with Crippen LogP contribution in [-0.4, -0.2) is 5.33 Å². The molecule has 2 aliphatic rings. The van der Waals surface area contributed by atoms with E-state index in [4.69, 9.17) is 0 Å². The summed E-state index contributed by atoms with van der Waals surface area (Å²) in [6.45, 7) is 0. The minimum Gasteiger partial charge on any atom is -0.0880 e. The largest absolute Gasteiger partial charge is 0.0880 e. The van der Waals surface area contributed by atoms with Crippen molar-refractivity contribution in [1.29, 1.82) is 0 Å². The van der Waals surface area contributed by atoms with Crippen LogP contribution in [0.5, 0.6) is 0 Å². The molecule has 0 aromatic rings. The zero-order chi connectivity index (χ0) is 7.68. The van der Waals surface area contributed by atoms with Crippen molar-refractivity contribution in [2.24, 2.45) is 11.8 Å². The van der Waals surface area contributed by atoms with Gasteiger partial charge in [0.25, 0.3) is 0 Å². The third kappa shape index (κ3) is 1.58. The van der Waals surface area contributed by atoms with E-state index in [2.05, 4.69) is 34.2 Å². The highest BCUT2D eigenvalue weighted by molar-refractivity contribution is 9.09. The first-order chi connectivity index (χ1) is 5.38. The summed E-state index contributed by atoms with van der Waals surface area (Å²) in [5.74, 6) is 1.71. The number of alkyl halides is 1. The van der Waals surface area contributed by atoms with Gasteiger partial charge in [0, 0.05) is 5.33 Å². The maximum Gasteiger partial charge on any atom is 0.0242 e. The average Bonchev–Trinajstić information content (AvgIpc) is 2.03. The smallest absolute Gasteiger partial charge is 0.0242 e. The molecular formula is C10H13Br. The van der Waals surface area contributed by atoms with E-state index >= 15 is 0 Å². The van der Waals surface area contributed by atoms with Crippen molar-refractivity contribution < 1.29 is 0 Å². The zero-order valence-corrected chi connectivity index (χ0v) is 8.18. The minimum absolute atomic E-state index is 0.759. The van der Waals surface area contributed by atoms with Crippen LogP contribution in [0.15, 0.2) is 23.8 Å². The quantitative estimate of drug-likeness (QED) is 0.463. The Morgan fingerprint density at radius 2 is 2.45 bits per heavy atom. The maximum atomic E-state index is 3.53. The molecule has 0 heterocycles. The molecule has 0 saturated heterocycles. The van der Waals surface area contributed by atoms with Crippen LogP contribution in [0.3, 0.4) is 0 Å². The van der Waals surface area contributed by atoms with E-state index in [0.717, 1.165) is 17.2 Å². The third-order valence-electron chi connectivity index (χ3n) is 2.63. The summed E-state index contributed by atoms with van der Waals surface area (Å²) in [6, 6.07) is 0. The number of fused-ring (bicyclic) bond motifs is 2. The van der Waals surface area contributed by atoms with E-state index in [0.29, 0.717) is 0 Å². The highest BCUT2D eigenvalue weighted by Gasteiger charge is 2.22. The van der Waals surface area contributed by atoms with Crippen molar-refractivity contribution in [3.8, 4) is 0 Å². The van der Waals surface area contributed by atoms with Gasteiger partial charge in [-0.25, -0.2) is 0 Å². The Balaban J connectivity index is 2.17. The summed E-state index contributed by atoms with van der Waals surface area (Å²) < 4.78 is 0. The number of rotatable bonds is 1. The van der Waals surface area contributed by atoms with E-state index in [-0.39, 0.29) is 0 Å². The first-order valence-electron chi connectivity index (χ1n) is 4.30. The molecule has 0 saturated carbocycles. The molecule has 11 heavy (non-hydrogen) atoms. The van der Waals surface area contributed by atoms with Crippen LogP contribution in [-0.2, 0) is 0 Å². The predicted molar refractivity (Wildman–Crippen MR) is 51.8 cm³/mol. The van der Waals surface area contributed by atoms with E-state index in [9.17, 15) is 0 Å². The molecule has 0 amide bonds. The van der Waals surface area contributed by atoms with E-state index in [1.165, 1.54) is 19.3 Å². The average molecular weight is 213 g/mol. The van der Waals surface area contributed by atoms with Crippen LogP contribution in [0.2, 0.25) is 0 Å². The van der Waals surface area contributed by atoms with Crippen molar-refractivity contribution in [2.45, 2.75) is 19.3 Å². The SMILES string of the molecule is BrCC1=CC2C=CCC(C1)C2. The van der Waals surface area contributed by atoms with Gasteiger partial charge in [0.05, 0.1) is 0 Å². The van der Waals surface area contributed by atoms with Gasteiger partial charge >= 0.3 is 0 Å². The van der Waals surface area contributed by atoms with Crippen LogP contribution in [0.1, 0.15) is 19.3 Å². The minimum atomic E-state index is 0.759. The van der Waals surface area contributed by atoms with Crippen LogP contribution < -0.4 is 0 Å². The molecule has 2 unspecified atom stereocenters. The Kier molecular flexibility index (Phi) is 2.17. The molecule has 60 valence electrons. The lowest BCUT2D eigenvalue weighted by molar-refractivity contribution is 0.410. The first-order valence-corrected chi connectivity index (χ1v) is 5.43. The molecule has 0 N–H and O–H groups in total. The fourth-order valence-corrected chi connectivity index (χ4v) is 2.55. The van der Waals surface area contributed by atoms with Crippen LogP contribution in [0.25, 0.3) is 0 Å². The lowest BCUT2D eigenvalue weighted by Gasteiger charge is -2.29. The van der Waals surface area contributed by atoms with Crippen LogP contribution in [0.4, 0.5) is 0 Å². The first kappa shape index (κ1) is 7.60. The molecular weight excluding hydrogens is 200 g/mol. The molecule has 0 fully saturated rings. The van der Waals surface area contributed by atoms with Gasteiger partial charge in [0.2, 0.25) is 0 Å². The molecule has 2 bridgehead atoms. The van der Waals surface area contributed by atoms with Gasteiger partial charge in [-0.15, -0.1) is 0 Å². The van der Waals surface area contributed by atoms with Crippen LogP contribution in [0, 0.1) is 11.8 Å². The molecule has 1 heteroatoms. The summed E-state index contributed by atoms with van der Waals surface area (Å²) in [4.78, 5) is 0. The van der Waals surface area contributed by atoms with Gasteiger partial charge in [-0.05, 0) is 31.1 Å². The van der Waals surface area contributed by atoms with E-state index in [1.54, 1.807) is 5.57 Å². The molecule has 0 radical (unpaired) electrons. The lowest BCUT2D eigenvalue weighted by atomic mass is 9.77. The van der Waals surface area contributed by atoms with Gasteiger partial charge in [-0.1, -0.05) is 39.7 Å². The van der Waals surface area contributed by atoms with E-state index in [1.807, 2.05) is 0 Å². The lowest BCUT2D eigenvalue weighted by Crippen LogP contribution is -2.16. The van der Waals surface area contributed by atoms with Gasteiger partial charge in [0.1, 0.15) is 0 Å². The fraction of sp³-hybridized carbons (Fsp3) is 0.600. The Hall–Kier alpha value is -0.0400. The van der Waals surface area contributed by atoms with Gasteiger partial charge < -0.3 is 0 Å². The summed E-state index contributed by atoms with van der Waals surface area (Å²) in [7, 11) is 0. The molecule has 2 rings (SSSR count). The second-order valence-electron chi connectivity index (χ2n) is 3.59. The molecule has 0 spiro atoms. The normalized spacial score (nSPS) is 35.2. The maximum absolute atomic E-state index is 3.53. The van der Waals surface area contributed by atoms with Crippen molar-refractivity contribution in [3.63, 3.8) is 0 Å². The summed E-state index contributed by atoms with van der Waals surface area (Å²) in [5.41, 5.74) is 1.61. The van der Waals surface area contributed by atoms with Crippen molar-refractivity contribution in [1.82, 2.24) is 0 Å². The standard InChI is InChI=1S/C10H13Br/c11-7-10-5-8-2-1-3-9(4-8)6-10/h1-2,5,8-9H,3-4,6-7H2. The molecule has 0 nitrogen and oxygen atoms in total. The molecule has 0 aliphatic heterocycles. The highest BCUT2D eigenvalue weighted by Crippen LogP contribution is 2.35. The molecule has 0 aromatic heterocycles. The van der Waals surface area contributed by atoms with Crippen molar-refractivity contribution >= 4 is 15.9 Å². The molecule has 0 aromatic carbocycles. The van der Waals surface area contributed by atoms with Crippen LogP contribution >= 0.6 is 15.9 Å². The Bertz CT molecular complexity index is 203. The number of allylic oxidation sites excluding steroid dienone is 4. The van der Waals surface area contributed by atoms with E-state index < -0.39 is 0 Å². The fourth-order valence-electron chi connectivity index (χ4n) is 2.14. The summed E-state index contributed by atoms with van der Waals surface area (Å²) in [6.07, 6.45) is 11.2. The Labute approximate surface area is 76.5 Å².